The summed E-state index contributed by atoms with van der Waals surface area (Å²) in [4.78, 5) is 6.43. The number of pyridine rings is 1. The normalized spacial score (nSPS) is 17.4. The molecule has 6 nitrogen and oxygen atoms in total. The predicted molar refractivity (Wildman–Crippen MR) is 73.6 cm³/mol. The van der Waals surface area contributed by atoms with E-state index in [1.165, 1.54) is 0 Å². The van der Waals surface area contributed by atoms with Crippen molar-refractivity contribution in [3.8, 4) is 0 Å². The first-order chi connectivity index (χ1) is 9.20. The van der Waals surface area contributed by atoms with E-state index < -0.39 is 0 Å². The number of oxime groups is 1. The first kappa shape index (κ1) is 13.6. The first-order valence-electron chi connectivity index (χ1n) is 6.43. The van der Waals surface area contributed by atoms with E-state index in [1.807, 2.05) is 13.1 Å². The fourth-order valence-corrected chi connectivity index (χ4v) is 2.25. The highest BCUT2D eigenvalue weighted by Crippen LogP contribution is 2.19. The molecule has 2 heterocycles. The van der Waals surface area contributed by atoms with Gasteiger partial charge in [-0.05, 0) is 30.9 Å². The maximum atomic E-state index is 8.69. The van der Waals surface area contributed by atoms with Gasteiger partial charge >= 0.3 is 0 Å². The molecule has 2 rings (SSSR count). The van der Waals surface area contributed by atoms with Crippen LogP contribution in [0.25, 0.3) is 0 Å². The van der Waals surface area contributed by atoms with E-state index in [9.17, 15) is 0 Å². The van der Waals surface area contributed by atoms with Gasteiger partial charge in [-0.15, -0.1) is 0 Å². The van der Waals surface area contributed by atoms with Gasteiger partial charge in [0.25, 0.3) is 0 Å². The second kappa shape index (κ2) is 6.38. The highest BCUT2D eigenvalue weighted by atomic mass is 16.5. The number of anilines is 1. The van der Waals surface area contributed by atoms with E-state index in [0.29, 0.717) is 11.5 Å². The average Bonchev–Trinajstić information content (AvgIpc) is 2.47. The van der Waals surface area contributed by atoms with Crippen LogP contribution in [0.4, 0.5) is 5.82 Å². The van der Waals surface area contributed by atoms with Crippen LogP contribution in [0, 0.1) is 5.92 Å². The number of nitrogens with two attached hydrogens (primary N) is 1. The van der Waals surface area contributed by atoms with Crippen molar-refractivity contribution in [2.24, 2.45) is 16.8 Å². The molecule has 1 aliphatic heterocycles. The largest absolute Gasteiger partial charge is 0.409 e. The van der Waals surface area contributed by atoms with E-state index in [-0.39, 0.29) is 5.84 Å². The standard InChI is InChI=1S/C13H20N4O2/c1-17(9-10-3-6-19-7-4-10)12-8-11(2-5-15-12)13(14)16-18/h2,5,8,10,18H,3-4,6-7,9H2,1H3,(H2,14,16). The Morgan fingerprint density at radius 3 is 3.00 bits per heavy atom. The lowest BCUT2D eigenvalue weighted by molar-refractivity contribution is 0.0685. The molecule has 19 heavy (non-hydrogen) atoms. The Balaban J connectivity index is 2.03. The van der Waals surface area contributed by atoms with Crippen molar-refractivity contribution >= 4 is 11.7 Å². The van der Waals surface area contributed by atoms with Gasteiger partial charge in [0.2, 0.25) is 0 Å². The van der Waals surface area contributed by atoms with E-state index in [4.69, 9.17) is 15.7 Å². The third-order valence-corrected chi connectivity index (χ3v) is 3.41. The summed E-state index contributed by atoms with van der Waals surface area (Å²) < 4.78 is 5.36. The number of ether oxygens (including phenoxy) is 1. The topological polar surface area (TPSA) is 84.0 Å². The fraction of sp³-hybridized carbons (Fsp3) is 0.538. The quantitative estimate of drug-likeness (QED) is 0.367. The Bertz CT molecular complexity index is 444. The number of amidine groups is 1. The second-order valence-electron chi connectivity index (χ2n) is 4.82. The van der Waals surface area contributed by atoms with Crippen molar-refractivity contribution in [3.05, 3.63) is 23.9 Å². The molecule has 0 aromatic carbocycles. The minimum absolute atomic E-state index is 0.100. The number of rotatable bonds is 4. The Hall–Kier alpha value is -1.82. The lowest BCUT2D eigenvalue weighted by atomic mass is 10.00. The SMILES string of the molecule is CN(CC1CCOCC1)c1cc(C(N)=NO)ccn1. The molecule has 0 radical (unpaired) electrons. The molecule has 0 unspecified atom stereocenters. The molecule has 0 spiro atoms. The highest BCUT2D eigenvalue weighted by molar-refractivity contribution is 5.97. The Kier molecular flexibility index (Phi) is 4.57. The zero-order chi connectivity index (χ0) is 13.7. The van der Waals surface area contributed by atoms with E-state index >= 15 is 0 Å². The summed E-state index contributed by atoms with van der Waals surface area (Å²) in [6, 6.07) is 3.55. The summed E-state index contributed by atoms with van der Waals surface area (Å²) in [7, 11) is 2.01. The van der Waals surface area contributed by atoms with Gasteiger partial charge < -0.3 is 20.6 Å². The van der Waals surface area contributed by atoms with Crippen LogP contribution < -0.4 is 10.6 Å². The molecule has 0 aliphatic carbocycles. The summed E-state index contributed by atoms with van der Waals surface area (Å²) in [6.07, 6.45) is 3.84. The van der Waals surface area contributed by atoms with Crippen molar-refractivity contribution in [1.29, 1.82) is 0 Å². The van der Waals surface area contributed by atoms with Crippen molar-refractivity contribution < 1.29 is 9.94 Å². The second-order valence-corrected chi connectivity index (χ2v) is 4.82. The highest BCUT2D eigenvalue weighted by Gasteiger charge is 2.16. The van der Waals surface area contributed by atoms with Gasteiger partial charge in [-0.1, -0.05) is 5.16 Å². The molecule has 0 bridgehead atoms. The molecule has 0 atom stereocenters. The molecular weight excluding hydrogens is 244 g/mol. The molecule has 1 aromatic heterocycles. The zero-order valence-corrected chi connectivity index (χ0v) is 11.1. The maximum absolute atomic E-state index is 8.69. The van der Waals surface area contributed by atoms with Gasteiger partial charge in [-0.2, -0.15) is 0 Å². The van der Waals surface area contributed by atoms with Crippen molar-refractivity contribution in [2.75, 3.05) is 31.7 Å². The summed E-state index contributed by atoms with van der Waals surface area (Å²) >= 11 is 0. The minimum atomic E-state index is 0.100. The molecule has 1 fully saturated rings. The molecule has 3 N–H and O–H groups in total. The van der Waals surface area contributed by atoms with Crippen LogP contribution in [0.3, 0.4) is 0 Å². The van der Waals surface area contributed by atoms with Gasteiger partial charge in [-0.25, -0.2) is 4.98 Å². The van der Waals surface area contributed by atoms with Crippen molar-refractivity contribution in [1.82, 2.24) is 4.98 Å². The van der Waals surface area contributed by atoms with Crippen molar-refractivity contribution in [3.63, 3.8) is 0 Å². The predicted octanol–water partition coefficient (Wildman–Crippen LogP) is 1.04. The van der Waals surface area contributed by atoms with Gasteiger partial charge in [0, 0.05) is 38.6 Å². The average molecular weight is 264 g/mol. The van der Waals surface area contributed by atoms with Crippen LogP contribution in [0.5, 0.6) is 0 Å². The first-order valence-corrected chi connectivity index (χ1v) is 6.43. The van der Waals surface area contributed by atoms with Gasteiger partial charge in [-0.3, -0.25) is 0 Å². The van der Waals surface area contributed by atoms with Crippen LogP contribution in [-0.4, -0.2) is 42.8 Å². The third kappa shape index (κ3) is 3.57. The lowest BCUT2D eigenvalue weighted by Gasteiger charge is -2.27. The summed E-state index contributed by atoms with van der Waals surface area (Å²) in [6.45, 7) is 2.63. The van der Waals surface area contributed by atoms with Gasteiger partial charge in [0.05, 0.1) is 0 Å². The zero-order valence-electron chi connectivity index (χ0n) is 11.1. The Morgan fingerprint density at radius 1 is 1.58 bits per heavy atom. The number of hydrogen-bond donors (Lipinski definition) is 2. The van der Waals surface area contributed by atoms with E-state index in [1.54, 1.807) is 12.3 Å². The Morgan fingerprint density at radius 2 is 2.32 bits per heavy atom. The van der Waals surface area contributed by atoms with Gasteiger partial charge in [0.15, 0.2) is 5.84 Å². The molecule has 1 aliphatic rings. The van der Waals surface area contributed by atoms with E-state index in [2.05, 4.69) is 15.0 Å². The molecule has 1 saturated heterocycles. The number of hydrogen-bond acceptors (Lipinski definition) is 5. The van der Waals surface area contributed by atoms with Crippen LogP contribution in [0.1, 0.15) is 18.4 Å². The molecule has 104 valence electrons. The number of nitrogens with zero attached hydrogens (tertiary/aromatic N) is 3. The van der Waals surface area contributed by atoms with E-state index in [0.717, 1.165) is 38.4 Å². The van der Waals surface area contributed by atoms with Gasteiger partial charge in [0.1, 0.15) is 5.82 Å². The third-order valence-electron chi connectivity index (χ3n) is 3.41. The van der Waals surface area contributed by atoms with Crippen LogP contribution >= 0.6 is 0 Å². The summed E-state index contributed by atoms with van der Waals surface area (Å²) in [5.41, 5.74) is 6.26. The molecule has 6 heteroatoms. The minimum Gasteiger partial charge on any atom is -0.409 e. The molecule has 0 amide bonds. The lowest BCUT2D eigenvalue weighted by Crippen LogP contribution is -2.30. The number of aromatic nitrogens is 1. The monoisotopic (exact) mass is 264 g/mol. The summed E-state index contributed by atoms with van der Waals surface area (Å²) in [5.74, 6) is 1.56. The maximum Gasteiger partial charge on any atom is 0.170 e. The Labute approximate surface area is 112 Å². The summed E-state index contributed by atoms with van der Waals surface area (Å²) in [5, 5.41) is 11.7. The molecule has 1 aromatic rings. The van der Waals surface area contributed by atoms with Crippen LogP contribution in [-0.2, 0) is 4.74 Å². The van der Waals surface area contributed by atoms with Crippen molar-refractivity contribution in [2.45, 2.75) is 12.8 Å². The fourth-order valence-electron chi connectivity index (χ4n) is 2.25. The van der Waals surface area contributed by atoms with Crippen LogP contribution in [0.15, 0.2) is 23.5 Å². The molecular formula is C13H20N4O2. The van der Waals surface area contributed by atoms with Crippen LogP contribution in [0.2, 0.25) is 0 Å². The smallest absolute Gasteiger partial charge is 0.170 e. The molecule has 0 saturated carbocycles.